The summed E-state index contributed by atoms with van der Waals surface area (Å²) in [5, 5.41) is 0. The molecule has 1 aliphatic rings. The van der Waals surface area contributed by atoms with Crippen LogP contribution in [0.2, 0.25) is 0 Å². The van der Waals surface area contributed by atoms with Crippen LogP contribution in [0.25, 0.3) is 0 Å². The van der Waals surface area contributed by atoms with Gasteiger partial charge >= 0.3 is 0 Å². The minimum atomic E-state index is 0.512. The minimum Gasteiger partial charge on any atom is -0.370 e. The van der Waals surface area contributed by atoms with Crippen LogP contribution in [0.3, 0.4) is 0 Å². The fourth-order valence-corrected chi connectivity index (χ4v) is 0.966. The Labute approximate surface area is 55.0 Å². The zero-order valence-corrected chi connectivity index (χ0v) is 5.82. The zero-order chi connectivity index (χ0) is 5.98. The second-order valence-corrected chi connectivity index (χ2v) is 2.59. The molecular formula is C6H11ClO. The van der Waals surface area contributed by atoms with Crippen LogP contribution >= 0.6 is 11.6 Å². The number of alkyl halides is 1. The van der Waals surface area contributed by atoms with E-state index in [1.807, 2.05) is 0 Å². The second-order valence-electron chi connectivity index (χ2n) is 2.21. The highest BCUT2D eigenvalue weighted by atomic mass is 35.5. The molecule has 0 saturated carbocycles. The lowest BCUT2D eigenvalue weighted by molar-refractivity contribution is 0.369. The average Bonchev–Trinajstić information content (AvgIpc) is 2.42. The highest BCUT2D eigenvalue weighted by molar-refractivity contribution is 6.17. The smallest absolute Gasteiger partial charge is 0.0839 e. The lowest BCUT2D eigenvalue weighted by Gasteiger charge is -1.86. The number of hydrogen-bond acceptors (Lipinski definition) is 1. The van der Waals surface area contributed by atoms with Gasteiger partial charge < -0.3 is 4.74 Å². The van der Waals surface area contributed by atoms with E-state index in [0.29, 0.717) is 12.2 Å². The van der Waals surface area contributed by atoms with Crippen LogP contribution in [0.15, 0.2) is 0 Å². The molecule has 48 valence electrons. The van der Waals surface area contributed by atoms with E-state index in [2.05, 4.69) is 6.92 Å². The molecule has 0 bridgehead atoms. The maximum atomic E-state index is 5.47. The average molecular weight is 135 g/mol. The molecule has 0 N–H and O–H groups in total. The van der Waals surface area contributed by atoms with Gasteiger partial charge in [-0.2, -0.15) is 0 Å². The molecule has 0 aromatic rings. The summed E-state index contributed by atoms with van der Waals surface area (Å²) in [6.07, 6.45) is 3.29. The van der Waals surface area contributed by atoms with Crippen molar-refractivity contribution in [2.45, 2.75) is 32.0 Å². The van der Waals surface area contributed by atoms with Crippen LogP contribution in [-0.4, -0.2) is 18.1 Å². The van der Waals surface area contributed by atoms with Crippen LogP contribution in [0, 0.1) is 0 Å². The molecule has 0 aliphatic carbocycles. The highest BCUT2D eigenvalue weighted by Crippen LogP contribution is 2.25. The van der Waals surface area contributed by atoms with Crippen molar-refractivity contribution in [1.82, 2.24) is 0 Å². The van der Waals surface area contributed by atoms with Crippen molar-refractivity contribution >= 4 is 11.6 Å². The zero-order valence-electron chi connectivity index (χ0n) is 5.06. The lowest BCUT2D eigenvalue weighted by Crippen LogP contribution is -1.88. The number of epoxide rings is 1. The predicted molar refractivity (Wildman–Crippen MR) is 34.3 cm³/mol. The number of ether oxygens (including phenoxy) is 1. The van der Waals surface area contributed by atoms with Crippen LogP contribution < -0.4 is 0 Å². The molecule has 8 heavy (non-hydrogen) atoms. The van der Waals surface area contributed by atoms with Gasteiger partial charge in [-0.15, -0.1) is 11.6 Å². The van der Waals surface area contributed by atoms with E-state index in [9.17, 15) is 0 Å². The van der Waals surface area contributed by atoms with E-state index in [1.165, 1.54) is 0 Å². The van der Waals surface area contributed by atoms with E-state index in [0.717, 1.165) is 18.7 Å². The summed E-state index contributed by atoms with van der Waals surface area (Å²) < 4.78 is 5.16. The fraction of sp³-hybridized carbons (Fsp3) is 1.00. The third-order valence-corrected chi connectivity index (χ3v) is 1.73. The predicted octanol–water partition coefficient (Wildman–Crippen LogP) is 1.79. The molecule has 1 heterocycles. The summed E-state index contributed by atoms with van der Waals surface area (Å²) in [6.45, 7) is 2.10. The Bertz CT molecular complexity index is 74.9. The standard InChI is InChI=1S/C6H11ClO/c1-5-6(8-5)3-2-4-7/h5-6H,2-4H2,1H3/t5-,6-/m1/s1. The van der Waals surface area contributed by atoms with Crippen molar-refractivity contribution in [1.29, 1.82) is 0 Å². The molecule has 0 radical (unpaired) electrons. The number of hydrogen-bond donors (Lipinski definition) is 0. The summed E-state index contributed by atoms with van der Waals surface area (Å²) in [7, 11) is 0. The molecule has 2 atom stereocenters. The molecule has 1 rings (SSSR count). The van der Waals surface area contributed by atoms with Crippen molar-refractivity contribution in [2.75, 3.05) is 5.88 Å². The summed E-state index contributed by atoms with van der Waals surface area (Å²) in [4.78, 5) is 0. The van der Waals surface area contributed by atoms with Gasteiger partial charge in [0, 0.05) is 5.88 Å². The minimum absolute atomic E-state index is 0.512. The van der Waals surface area contributed by atoms with Crippen molar-refractivity contribution < 1.29 is 4.74 Å². The van der Waals surface area contributed by atoms with E-state index in [1.54, 1.807) is 0 Å². The summed E-state index contributed by atoms with van der Waals surface area (Å²) >= 11 is 5.47. The second kappa shape index (κ2) is 2.70. The molecule has 1 saturated heterocycles. The van der Waals surface area contributed by atoms with Crippen molar-refractivity contribution in [3.8, 4) is 0 Å². The van der Waals surface area contributed by atoms with Crippen molar-refractivity contribution in [3.05, 3.63) is 0 Å². The molecule has 1 fully saturated rings. The van der Waals surface area contributed by atoms with Crippen LogP contribution in [-0.2, 0) is 4.74 Å². The van der Waals surface area contributed by atoms with Gasteiger partial charge in [0.05, 0.1) is 12.2 Å². The van der Waals surface area contributed by atoms with Crippen LogP contribution in [0.5, 0.6) is 0 Å². The first-order chi connectivity index (χ1) is 3.84. The Morgan fingerprint density at radius 2 is 2.25 bits per heavy atom. The molecule has 1 aliphatic heterocycles. The summed E-state index contributed by atoms with van der Waals surface area (Å²) in [5.41, 5.74) is 0. The number of halogens is 1. The Hall–Kier alpha value is 0.250. The SMILES string of the molecule is C[C@H]1O[C@@H]1CCCCl. The maximum Gasteiger partial charge on any atom is 0.0839 e. The van der Waals surface area contributed by atoms with Gasteiger partial charge in [-0.3, -0.25) is 0 Å². The topological polar surface area (TPSA) is 12.5 Å². The monoisotopic (exact) mass is 134 g/mol. The van der Waals surface area contributed by atoms with E-state index in [4.69, 9.17) is 16.3 Å². The van der Waals surface area contributed by atoms with Crippen molar-refractivity contribution in [3.63, 3.8) is 0 Å². The van der Waals surface area contributed by atoms with Gasteiger partial charge in [0.25, 0.3) is 0 Å². The molecule has 0 amide bonds. The quantitative estimate of drug-likeness (QED) is 0.424. The largest absolute Gasteiger partial charge is 0.370 e. The maximum absolute atomic E-state index is 5.47. The Morgan fingerprint density at radius 3 is 2.62 bits per heavy atom. The molecule has 0 spiro atoms. The third kappa shape index (κ3) is 1.64. The molecule has 0 unspecified atom stereocenters. The van der Waals surface area contributed by atoms with Gasteiger partial charge in [-0.1, -0.05) is 0 Å². The van der Waals surface area contributed by atoms with Gasteiger partial charge in [0.2, 0.25) is 0 Å². The summed E-state index contributed by atoms with van der Waals surface area (Å²) in [5.74, 6) is 0.770. The Balaban J connectivity index is 1.89. The molecule has 1 nitrogen and oxygen atoms in total. The first kappa shape index (κ1) is 6.37. The van der Waals surface area contributed by atoms with Crippen LogP contribution in [0.4, 0.5) is 0 Å². The molecule has 0 aromatic heterocycles. The Morgan fingerprint density at radius 1 is 1.62 bits per heavy atom. The van der Waals surface area contributed by atoms with E-state index < -0.39 is 0 Å². The highest BCUT2D eigenvalue weighted by Gasteiger charge is 2.32. The first-order valence-electron chi connectivity index (χ1n) is 3.06. The first-order valence-corrected chi connectivity index (χ1v) is 3.59. The van der Waals surface area contributed by atoms with Gasteiger partial charge in [0.1, 0.15) is 0 Å². The van der Waals surface area contributed by atoms with Gasteiger partial charge in [-0.05, 0) is 19.8 Å². The van der Waals surface area contributed by atoms with E-state index >= 15 is 0 Å². The third-order valence-electron chi connectivity index (χ3n) is 1.46. The van der Waals surface area contributed by atoms with Gasteiger partial charge in [-0.25, -0.2) is 0 Å². The van der Waals surface area contributed by atoms with Gasteiger partial charge in [0.15, 0.2) is 0 Å². The van der Waals surface area contributed by atoms with Crippen molar-refractivity contribution in [2.24, 2.45) is 0 Å². The Kier molecular flexibility index (Phi) is 2.15. The fourth-order valence-electron chi connectivity index (χ4n) is 0.811. The molecule has 0 aromatic carbocycles. The number of rotatable bonds is 3. The van der Waals surface area contributed by atoms with Crippen LogP contribution in [0.1, 0.15) is 19.8 Å². The van der Waals surface area contributed by atoms with E-state index in [-0.39, 0.29) is 0 Å². The lowest BCUT2D eigenvalue weighted by atomic mass is 10.2. The molecular weight excluding hydrogens is 124 g/mol. The molecule has 2 heteroatoms. The summed E-state index contributed by atoms with van der Waals surface area (Å²) in [6, 6.07) is 0. The normalized spacial score (nSPS) is 35.2.